The van der Waals surface area contributed by atoms with Crippen molar-refractivity contribution in [1.29, 1.82) is 0 Å². The van der Waals surface area contributed by atoms with Crippen LogP contribution in [0.25, 0.3) is 55.9 Å². The van der Waals surface area contributed by atoms with Gasteiger partial charge in [0, 0.05) is 10.6 Å². The molecule has 0 amide bonds. The van der Waals surface area contributed by atoms with Gasteiger partial charge in [0.15, 0.2) is 5.58 Å². The zero-order valence-electron chi connectivity index (χ0n) is 18.3. The molecule has 0 aliphatic rings. The van der Waals surface area contributed by atoms with Gasteiger partial charge in [0.25, 0.3) is 0 Å². The van der Waals surface area contributed by atoms with E-state index in [0.717, 1.165) is 55.1 Å². The zero-order valence-corrected chi connectivity index (χ0v) is 19.0. The summed E-state index contributed by atoms with van der Waals surface area (Å²) in [5, 5.41) is 0.722. The number of benzene rings is 5. The number of para-hydroxylation sites is 2. The predicted octanol–water partition coefficient (Wildman–Crippen LogP) is 9.15. The summed E-state index contributed by atoms with van der Waals surface area (Å²) >= 11 is 6.51. The Kier molecular flexibility index (Phi) is 5.21. The van der Waals surface area contributed by atoms with Crippen molar-refractivity contribution in [3.8, 4) is 44.8 Å². The highest BCUT2D eigenvalue weighted by molar-refractivity contribution is 6.31. The van der Waals surface area contributed by atoms with Crippen LogP contribution in [0.4, 0.5) is 0 Å². The molecule has 6 rings (SSSR count). The normalized spacial score (nSPS) is 11.1. The highest BCUT2D eigenvalue weighted by Crippen LogP contribution is 2.33. The zero-order chi connectivity index (χ0) is 22.9. The number of oxazole rings is 1. The van der Waals surface area contributed by atoms with E-state index in [1.165, 1.54) is 0 Å². The van der Waals surface area contributed by atoms with Gasteiger partial charge in [0.1, 0.15) is 5.52 Å². The van der Waals surface area contributed by atoms with E-state index in [9.17, 15) is 0 Å². The van der Waals surface area contributed by atoms with Crippen molar-refractivity contribution in [1.82, 2.24) is 4.98 Å². The fourth-order valence-electron chi connectivity index (χ4n) is 4.26. The number of rotatable bonds is 4. The highest BCUT2D eigenvalue weighted by atomic mass is 35.5. The average molecular weight is 458 g/mol. The number of hydrogen-bond acceptors (Lipinski definition) is 2. The van der Waals surface area contributed by atoms with Gasteiger partial charge in [-0.15, -0.1) is 0 Å². The molecule has 2 nitrogen and oxygen atoms in total. The molecule has 6 aromatic rings. The quantitative estimate of drug-likeness (QED) is 0.263. The Balaban J connectivity index is 1.38. The molecule has 0 radical (unpaired) electrons. The first-order valence-electron chi connectivity index (χ1n) is 11.2. The predicted molar refractivity (Wildman–Crippen MR) is 141 cm³/mol. The van der Waals surface area contributed by atoms with Crippen molar-refractivity contribution in [3.63, 3.8) is 0 Å². The van der Waals surface area contributed by atoms with Crippen LogP contribution >= 0.6 is 11.6 Å². The maximum Gasteiger partial charge on any atom is 0.227 e. The average Bonchev–Trinajstić information content (AvgIpc) is 3.34. The van der Waals surface area contributed by atoms with E-state index >= 15 is 0 Å². The first-order valence-corrected chi connectivity index (χ1v) is 11.5. The molecule has 0 spiro atoms. The van der Waals surface area contributed by atoms with Gasteiger partial charge < -0.3 is 4.42 Å². The van der Waals surface area contributed by atoms with Gasteiger partial charge in [-0.25, -0.2) is 4.98 Å². The van der Waals surface area contributed by atoms with Crippen molar-refractivity contribution in [2.45, 2.75) is 0 Å². The van der Waals surface area contributed by atoms with E-state index in [2.05, 4.69) is 59.6 Å². The van der Waals surface area contributed by atoms with E-state index in [4.69, 9.17) is 16.0 Å². The molecular formula is C31H20ClNO. The van der Waals surface area contributed by atoms with Gasteiger partial charge in [-0.2, -0.15) is 0 Å². The minimum absolute atomic E-state index is 0.626. The second kappa shape index (κ2) is 8.66. The van der Waals surface area contributed by atoms with E-state index in [1.54, 1.807) is 0 Å². The van der Waals surface area contributed by atoms with Crippen LogP contribution in [0.1, 0.15) is 0 Å². The summed E-state index contributed by atoms with van der Waals surface area (Å²) in [6, 6.07) is 41.2. The number of aromatic nitrogens is 1. The van der Waals surface area contributed by atoms with E-state index in [0.29, 0.717) is 5.89 Å². The fraction of sp³-hybridized carbons (Fsp3) is 0. The molecular weight excluding hydrogens is 438 g/mol. The molecule has 0 saturated carbocycles. The first kappa shape index (κ1) is 20.5. The van der Waals surface area contributed by atoms with Crippen LogP contribution in [0.5, 0.6) is 0 Å². The lowest BCUT2D eigenvalue weighted by Crippen LogP contribution is -1.85. The summed E-state index contributed by atoms with van der Waals surface area (Å²) in [5.41, 5.74) is 9.28. The third kappa shape index (κ3) is 4.00. The maximum absolute atomic E-state index is 6.51. The molecule has 34 heavy (non-hydrogen) atoms. The molecule has 1 heterocycles. The monoisotopic (exact) mass is 457 g/mol. The number of hydrogen-bond donors (Lipinski definition) is 0. The van der Waals surface area contributed by atoms with Gasteiger partial charge in [0.2, 0.25) is 5.89 Å². The summed E-state index contributed by atoms with van der Waals surface area (Å²) < 4.78 is 5.98. The van der Waals surface area contributed by atoms with Crippen LogP contribution in [0, 0.1) is 0 Å². The Bertz CT molecular complexity index is 1580. The van der Waals surface area contributed by atoms with Gasteiger partial charge in [-0.3, -0.25) is 0 Å². The molecule has 0 saturated heterocycles. The first-order chi connectivity index (χ1) is 16.7. The second-order valence-corrected chi connectivity index (χ2v) is 8.68. The van der Waals surface area contributed by atoms with Crippen LogP contribution < -0.4 is 0 Å². The molecule has 0 N–H and O–H groups in total. The van der Waals surface area contributed by atoms with Crippen LogP contribution in [0.3, 0.4) is 0 Å². The summed E-state index contributed by atoms with van der Waals surface area (Å²) in [4.78, 5) is 4.65. The number of fused-ring (bicyclic) bond motifs is 1. The highest BCUT2D eigenvalue weighted by Gasteiger charge is 2.10. The Morgan fingerprint density at radius 3 is 1.74 bits per heavy atom. The fourth-order valence-corrected chi connectivity index (χ4v) is 4.49. The third-order valence-electron chi connectivity index (χ3n) is 5.94. The number of halogens is 1. The van der Waals surface area contributed by atoms with Crippen LogP contribution in [0.2, 0.25) is 5.02 Å². The molecule has 1 aromatic heterocycles. The minimum atomic E-state index is 0.626. The standard InChI is InChI=1S/C31H20ClNO/c32-28-19-26(21-8-2-1-3-9-21)18-27(20-28)24-12-6-10-22(16-24)23-11-7-13-25(17-23)31-33-29-14-4-5-15-30(29)34-31/h1-20H. The largest absolute Gasteiger partial charge is 0.436 e. The van der Waals surface area contributed by atoms with Crippen LogP contribution in [-0.4, -0.2) is 4.98 Å². The lowest BCUT2D eigenvalue weighted by atomic mass is 9.95. The molecule has 3 heteroatoms. The Morgan fingerprint density at radius 1 is 0.471 bits per heavy atom. The van der Waals surface area contributed by atoms with Crippen molar-refractivity contribution in [2.75, 3.05) is 0 Å². The minimum Gasteiger partial charge on any atom is -0.436 e. The summed E-state index contributed by atoms with van der Waals surface area (Å²) in [6.45, 7) is 0. The van der Waals surface area contributed by atoms with Crippen LogP contribution in [0.15, 0.2) is 126 Å². The lowest BCUT2D eigenvalue weighted by molar-refractivity contribution is 0.620. The van der Waals surface area contributed by atoms with Crippen molar-refractivity contribution >= 4 is 22.7 Å². The van der Waals surface area contributed by atoms with E-state index in [1.807, 2.05) is 66.7 Å². The molecule has 0 atom stereocenters. The molecule has 5 aromatic carbocycles. The summed E-state index contributed by atoms with van der Waals surface area (Å²) in [5.74, 6) is 0.626. The molecule has 0 unspecified atom stereocenters. The third-order valence-corrected chi connectivity index (χ3v) is 6.16. The molecule has 0 bridgehead atoms. The SMILES string of the molecule is Clc1cc(-c2ccccc2)cc(-c2cccc(-c3cccc(-c4nc5ccccc5o4)c3)c2)c1. The molecule has 0 fully saturated rings. The topological polar surface area (TPSA) is 26.0 Å². The van der Waals surface area contributed by atoms with Gasteiger partial charge >= 0.3 is 0 Å². The van der Waals surface area contributed by atoms with Gasteiger partial charge in [0.05, 0.1) is 0 Å². The Hall–Kier alpha value is -4.14. The molecule has 162 valence electrons. The summed E-state index contributed by atoms with van der Waals surface area (Å²) in [6.07, 6.45) is 0. The molecule has 0 aliphatic heterocycles. The Morgan fingerprint density at radius 2 is 1.00 bits per heavy atom. The Labute approximate surface area is 203 Å². The van der Waals surface area contributed by atoms with Gasteiger partial charge in [-0.1, -0.05) is 84.4 Å². The van der Waals surface area contributed by atoms with E-state index < -0.39 is 0 Å². The lowest BCUT2D eigenvalue weighted by Gasteiger charge is -2.10. The second-order valence-electron chi connectivity index (χ2n) is 8.24. The van der Waals surface area contributed by atoms with Crippen LogP contribution in [-0.2, 0) is 0 Å². The van der Waals surface area contributed by atoms with Crippen molar-refractivity contribution < 1.29 is 4.42 Å². The molecule has 0 aliphatic carbocycles. The van der Waals surface area contributed by atoms with E-state index in [-0.39, 0.29) is 0 Å². The van der Waals surface area contributed by atoms with Crippen molar-refractivity contribution in [2.24, 2.45) is 0 Å². The summed E-state index contributed by atoms with van der Waals surface area (Å²) in [7, 11) is 0. The maximum atomic E-state index is 6.51. The van der Waals surface area contributed by atoms with Gasteiger partial charge in [-0.05, 0) is 81.9 Å². The smallest absolute Gasteiger partial charge is 0.227 e. The van der Waals surface area contributed by atoms with Crippen molar-refractivity contribution in [3.05, 3.63) is 126 Å². The number of nitrogens with zero attached hydrogens (tertiary/aromatic N) is 1.